The minimum absolute atomic E-state index is 0.0514. The van der Waals surface area contributed by atoms with Gasteiger partial charge < -0.3 is 29.8 Å². The molecule has 6 rings (SSSR count). The van der Waals surface area contributed by atoms with Crippen LogP contribution >= 0.6 is 0 Å². The molecule has 0 unspecified atom stereocenters. The van der Waals surface area contributed by atoms with E-state index < -0.39 is 20.0 Å². The predicted molar refractivity (Wildman–Crippen MR) is 174 cm³/mol. The number of aliphatic hydroxyl groups excluding tert-OH is 1. The average molecular weight is 628 g/mol. The van der Waals surface area contributed by atoms with Crippen LogP contribution in [0.1, 0.15) is 47.7 Å². The van der Waals surface area contributed by atoms with Crippen LogP contribution in [0.15, 0.2) is 78.9 Å². The highest BCUT2D eigenvalue weighted by atomic mass is 28.4. The van der Waals surface area contributed by atoms with Gasteiger partial charge in [-0.1, -0.05) is 55.5 Å². The zero-order valence-corrected chi connectivity index (χ0v) is 27.0. The molecule has 0 aliphatic carbocycles. The summed E-state index contributed by atoms with van der Waals surface area (Å²) in [5.41, 5.74) is 1.91. The lowest BCUT2D eigenvalue weighted by atomic mass is 9.82. The van der Waals surface area contributed by atoms with Crippen molar-refractivity contribution in [2.75, 3.05) is 23.4 Å². The molecule has 3 amide bonds. The Bertz CT molecular complexity index is 1580. The number of fused-ring (bicyclic) bond motifs is 2. The number of benzene rings is 3. The molecule has 10 heteroatoms. The highest BCUT2D eigenvalue weighted by Crippen LogP contribution is 2.59. The number of anilines is 2. The first kappa shape index (κ1) is 31.2. The molecule has 0 aromatic heterocycles. The van der Waals surface area contributed by atoms with Gasteiger partial charge in [-0.3, -0.25) is 14.4 Å². The standard InChI is InChI=1S/C35H41N3O6Si/c1-23-32(45(2,3)43)30(20-31(40)37-19-9-12-27(37)22-39)44-35(23)28-13-7-8-14-29(28)38(34(35)42)21-24-15-17-26(18-16-24)36-33(41)25-10-5-4-6-11-25/h4-8,10-11,13-18,23,27,30,32,39,43H,9,12,19-22H2,1-3H3,(H,36,41)/t23-,27-,30+,32-,35+/m0/s1. The molecule has 3 aliphatic rings. The summed E-state index contributed by atoms with van der Waals surface area (Å²) in [6.45, 7) is 6.47. The number of nitrogens with zero attached hydrogens (tertiary/aromatic N) is 2. The highest BCUT2D eigenvalue weighted by Gasteiger charge is 2.66. The Morgan fingerprint density at radius 3 is 2.40 bits per heavy atom. The third kappa shape index (κ3) is 5.61. The van der Waals surface area contributed by atoms with Crippen molar-refractivity contribution in [1.29, 1.82) is 0 Å². The van der Waals surface area contributed by atoms with Crippen molar-refractivity contribution >= 4 is 37.4 Å². The van der Waals surface area contributed by atoms with Crippen molar-refractivity contribution in [2.24, 2.45) is 5.92 Å². The molecule has 9 nitrogen and oxygen atoms in total. The van der Waals surface area contributed by atoms with Crippen molar-refractivity contribution in [2.45, 2.75) is 69.1 Å². The molecule has 3 aromatic carbocycles. The van der Waals surface area contributed by atoms with Crippen molar-refractivity contribution in [3.63, 3.8) is 0 Å². The number of amides is 3. The number of rotatable bonds is 8. The second-order valence-electron chi connectivity index (χ2n) is 13.1. The number of aliphatic hydroxyl groups is 1. The summed E-state index contributed by atoms with van der Waals surface area (Å²) in [6, 6.07) is 23.8. The first-order valence-corrected chi connectivity index (χ1v) is 18.7. The number of hydrogen-bond donors (Lipinski definition) is 3. The van der Waals surface area contributed by atoms with E-state index in [-0.39, 0.29) is 48.3 Å². The number of hydrogen-bond acceptors (Lipinski definition) is 6. The van der Waals surface area contributed by atoms with Gasteiger partial charge in [-0.25, -0.2) is 0 Å². The maximum absolute atomic E-state index is 14.6. The molecule has 45 heavy (non-hydrogen) atoms. The molecule has 5 atom stereocenters. The van der Waals surface area contributed by atoms with Crippen molar-refractivity contribution in [3.05, 3.63) is 95.6 Å². The van der Waals surface area contributed by atoms with Gasteiger partial charge in [-0.05, 0) is 61.8 Å². The summed E-state index contributed by atoms with van der Waals surface area (Å²) in [5.74, 6) is -0.886. The molecule has 2 saturated heterocycles. The van der Waals surface area contributed by atoms with Gasteiger partial charge in [0.2, 0.25) is 5.91 Å². The summed E-state index contributed by atoms with van der Waals surface area (Å²) < 4.78 is 6.80. The molecule has 3 N–H and O–H groups in total. The van der Waals surface area contributed by atoms with Gasteiger partial charge in [0.25, 0.3) is 11.8 Å². The quantitative estimate of drug-likeness (QED) is 0.313. The fourth-order valence-corrected chi connectivity index (χ4v) is 10.3. The molecule has 3 aromatic rings. The zero-order chi connectivity index (χ0) is 31.9. The van der Waals surface area contributed by atoms with Crippen LogP contribution in [0.25, 0.3) is 0 Å². The number of carbonyl (C=O) groups excluding carboxylic acids is 3. The summed E-state index contributed by atoms with van der Waals surface area (Å²) in [4.78, 5) is 55.7. The van der Waals surface area contributed by atoms with Crippen LogP contribution in [0.4, 0.5) is 11.4 Å². The van der Waals surface area contributed by atoms with Crippen LogP contribution < -0.4 is 10.2 Å². The lowest BCUT2D eigenvalue weighted by Gasteiger charge is -2.32. The normalized spacial score (nSPS) is 26.0. The molecular formula is C35H41N3O6Si. The average Bonchev–Trinajstić information content (AvgIpc) is 3.69. The number of likely N-dealkylation sites (tertiary alicyclic amines) is 1. The zero-order valence-electron chi connectivity index (χ0n) is 26.0. The van der Waals surface area contributed by atoms with Crippen molar-refractivity contribution < 1.29 is 29.0 Å². The SMILES string of the molecule is C[C@H]1[C@H]([Si](C)(C)O)[C@@H](CC(=O)N2CCC[C@H]2CO)O[C@]12C(=O)N(Cc1ccc(NC(=O)c3ccccc3)cc1)c1ccccc12. The van der Waals surface area contributed by atoms with E-state index >= 15 is 0 Å². The summed E-state index contributed by atoms with van der Waals surface area (Å²) in [7, 11) is -2.92. The van der Waals surface area contributed by atoms with E-state index in [1.807, 2.05) is 86.7 Å². The Morgan fingerprint density at radius 2 is 1.71 bits per heavy atom. The second kappa shape index (κ2) is 12.2. The fourth-order valence-electron chi connectivity index (χ4n) is 7.70. The smallest absolute Gasteiger partial charge is 0.264 e. The monoisotopic (exact) mass is 627 g/mol. The third-order valence-corrected chi connectivity index (χ3v) is 12.3. The number of carbonyl (C=O) groups is 3. The van der Waals surface area contributed by atoms with Gasteiger partial charge in [-0.15, -0.1) is 0 Å². The van der Waals surface area contributed by atoms with Crippen molar-refractivity contribution in [3.8, 4) is 0 Å². The maximum atomic E-state index is 14.6. The minimum Gasteiger partial charge on any atom is -0.432 e. The molecule has 0 bridgehead atoms. The van der Waals surface area contributed by atoms with E-state index in [4.69, 9.17) is 4.74 Å². The van der Waals surface area contributed by atoms with Gasteiger partial charge in [-0.2, -0.15) is 0 Å². The first-order chi connectivity index (χ1) is 21.5. The van der Waals surface area contributed by atoms with Crippen LogP contribution in [-0.2, 0) is 26.5 Å². The number of nitrogens with one attached hydrogen (secondary N) is 1. The Labute approximate surface area is 264 Å². The number of para-hydroxylation sites is 1. The summed E-state index contributed by atoms with van der Waals surface area (Å²) in [5, 5.41) is 12.7. The van der Waals surface area contributed by atoms with E-state index in [0.29, 0.717) is 24.3 Å². The Morgan fingerprint density at radius 1 is 1.02 bits per heavy atom. The van der Waals surface area contributed by atoms with Gasteiger partial charge in [0, 0.05) is 34.8 Å². The lowest BCUT2D eigenvalue weighted by Crippen LogP contribution is -2.46. The predicted octanol–water partition coefficient (Wildman–Crippen LogP) is 4.66. The molecule has 1 spiro atoms. The summed E-state index contributed by atoms with van der Waals surface area (Å²) in [6.07, 6.45) is 1.02. The van der Waals surface area contributed by atoms with Crippen LogP contribution in [-0.4, -0.2) is 66.1 Å². The van der Waals surface area contributed by atoms with Crippen LogP contribution in [0.2, 0.25) is 18.6 Å². The Hall–Kier alpha value is -3.83. The lowest BCUT2D eigenvalue weighted by molar-refractivity contribution is -0.150. The maximum Gasteiger partial charge on any atom is 0.264 e. The number of ether oxygens (including phenoxy) is 1. The van der Waals surface area contributed by atoms with Crippen molar-refractivity contribution in [1.82, 2.24) is 4.90 Å². The van der Waals surface area contributed by atoms with E-state index in [9.17, 15) is 24.3 Å². The minimum atomic E-state index is -2.92. The van der Waals surface area contributed by atoms with Crippen LogP contribution in [0, 0.1) is 5.92 Å². The van der Waals surface area contributed by atoms with E-state index in [2.05, 4.69) is 5.32 Å². The van der Waals surface area contributed by atoms with Gasteiger partial charge in [0.1, 0.15) is 0 Å². The molecule has 0 radical (unpaired) electrons. The third-order valence-electron chi connectivity index (χ3n) is 9.76. The molecular weight excluding hydrogens is 586 g/mol. The van der Waals surface area contributed by atoms with Gasteiger partial charge in [0.15, 0.2) is 13.9 Å². The topological polar surface area (TPSA) is 119 Å². The highest BCUT2D eigenvalue weighted by molar-refractivity contribution is 6.71. The molecule has 3 aliphatic heterocycles. The van der Waals surface area contributed by atoms with E-state index in [1.165, 1.54) is 0 Å². The van der Waals surface area contributed by atoms with E-state index in [1.54, 1.807) is 21.9 Å². The van der Waals surface area contributed by atoms with Gasteiger partial charge >= 0.3 is 0 Å². The summed E-state index contributed by atoms with van der Waals surface area (Å²) >= 11 is 0. The van der Waals surface area contributed by atoms with E-state index in [0.717, 1.165) is 29.7 Å². The molecule has 236 valence electrons. The Balaban J connectivity index is 1.26. The molecule has 2 fully saturated rings. The first-order valence-electron chi connectivity index (χ1n) is 15.7. The van der Waals surface area contributed by atoms with Crippen LogP contribution in [0.5, 0.6) is 0 Å². The molecule has 3 heterocycles. The largest absolute Gasteiger partial charge is 0.432 e. The Kier molecular flexibility index (Phi) is 8.42. The van der Waals surface area contributed by atoms with Gasteiger partial charge in [0.05, 0.1) is 37.4 Å². The fraction of sp³-hybridized carbons (Fsp3) is 0.400. The van der Waals surface area contributed by atoms with Crippen LogP contribution in [0.3, 0.4) is 0 Å². The molecule has 0 saturated carbocycles. The second-order valence-corrected chi connectivity index (χ2v) is 17.0.